The zero-order valence-corrected chi connectivity index (χ0v) is 18.1. The number of hydrogen-bond acceptors (Lipinski definition) is 5. The fraction of sp³-hybridized carbons (Fsp3) is 0.643. The number of guanidine groups is 1. The lowest BCUT2D eigenvalue weighted by Gasteiger charge is -2.25. The van der Waals surface area contributed by atoms with Crippen molar-refractivity contribution in [2.45, 2.75) is 30.6 Å². The number of halogens is 1. The van der Waals surface area contributed by atoms with Gasteiger partial charge in [-0.1, -0.05) is 0 Å². The van der Waals surface area contributed by atoms with Crippen LogP contribution >= 0.6 is 35.3 Å². The summed E-state index contributed by atoms with van der Waals surface area (Å²) in [6.07, 6.45) is 0. The lowest BCUT2D eigenvalue weighted by Crippen LogP contribution is -2.40. The van der Waals surface area contributed by atoms with E-state index in [2.05, 4.69) is 15.6 Å². The summed E-state index contributed by atoms with van der Waals surface area (Å²) >= 11 is 1.29. The van der Waals surface area contributed by atoms with Crippen LogP contribution in [0.2, 0.25) is 0 Å². The number of nitrogens with one attached hydrogen (secondary N) is 2. The topological polar surface area (TPSA) is 83.0 Å². The van der Waals surface area contributed by atoms with Crippen molar-refractivity contribution >= 4 is 51.3 Å². The second kappa shape index (κ2) is 9.90. The van der Waals surface area contributed by atoms with Crippen molar-refractivity contribution in [3.05, 3.63) is 17.0 Å². The van der Waals surface area contributed by atoms with E-state index in [4.69, 9.17) is 4.74 Å². The summed E-state index contributed by atoms with van der Waals surface area (Å²) in [5.41, 5.74) is 0. The molecular formula is C14H25IN4O3S2. The van der Waals surface area contributed by atoms with Crippen molar-refractivity contribution in [3.63, 3.8) is 0 Å². The van der Waals surface area contributed by atoms with Crippen LogP contribution in [0, 0.1) is 0 Å². The third-order valence-electron chi connectivity index (χ3n) is 3.28. The molecular weight excluding hydrogens is 463 g/mol. The first-order valence-electron chi connectivity index (χ1n) is 7.57. The third kappa shape index (κ3) is 5.83. The summed E-state index contributed by atoms with van der Waals surface area (Å²) in [5, 5.41) is 6.37. The molecule has 0 saturated carbocycles. The molecule has 0 spiro atoms. The molecule has 10 heteroatoms. The Morgan fingerprint density at radius 1 is 1.38 bits per heavy atom. The van der Waals surface area contributed by atoms with Crippen LogP contribution in [0.25, 0.3) is 0 Å². The minimum absolute atomic E-state index is 0. The van der Waals surface area contributed by atoms with Gasteiger partial charge in [-0.3, -0.25) is 4.99 Å². The van der Waals surface area contributed by atoms with Crippen molar-refractivity contribution in [1.29, 1.82) is 0 Å². The van der Waals surface area contributed by atoms with Gasteiger partial charge in [0.1, 0.15) is 4.21 Å². The maximum Gasteiger partial charge on any atom is 0.252 e. The summed E-state index contributed by atoms with van der Waals surface area (Å²) < 4.78 is 32.2. The normalized spacial score (nSPS) is 16.8. The molecule has 24 heavy (non-hydrogen) atoms. The van der Waals surface area contributed by atoms with Crippen LogP contribution in [0.1, 0.15) is 18.7 Å². The molecule has 1 fully saturated rings. The van der Waals surface area contributed by atoms with Crippen molar-refractivity contribution in [3.8, 4) is 0 Å². The molecule has 1 saturated heterocycles. The molecule has 0 amide bonds. The molecule has 2 rings (SSSR count). The largest absolute Gasteiger partial charge is 0.379 e. The Bertz CT molecular complexity index is 640. The molecule has 0 unspecified atom stereocenters. The molecule has 0 radical (unpaired) electrons. The summed E-state index contributed by atoms with van der Waals surface area (Å²) in [7, 11) is -1.70. The van der Waals surface area contributed by atoms with Gasteiger partial charge >= 0.3 is 0 Å². The van der Waals surface area contributed by atoms with E-state index >= 15 is 0 Å². The van der Waals surface area contributed by atoms with E-state index < -0.39 is 10.0 Å². The van der Waals surface area contributed by atoms with Gasteiger partial charge in [-0.2, -0.15) is 4.31 Å². The van der Waals surface area contributed by atoms with Gasteiger partial charge in [-0.25, -0.2) is 8.42 Å². The van der Waals surface area contributed by atoms with Crippen molar-refractivity contribution in [1.82, 2.24) is 14.9 Å². The second-order valence-electron chi connectivity index (χ2n) is 5.46. The number of aliphatic imine (C=N–C) groups is 1. The zero-order chi connectivity index (χ0) is 16.9. The van der Waals surface area contributed by atoms with E-state index in [1.165, 1.54) is 15.6 Å². The molecule has 1 aromatic heterocycles. The molecule has 0 aromatic carbocycles. The molecule has 2 heterocycles. The van der Waals surface area contributed by atoms with Gasteiger partial charge < -0.3 is 15.4 Å². The first-order chi connectivity index (χ1) is 10.9. The van der Waals surface area contributed by atoms with Crippen molar-refractivity contribution in [2.24, 2.45) is 4.99 Å². The molecule has 1 aliphatic rings. The molecule has 7 nitrogen and oxygen atoms in total. The van der Waals surface area contributed by atoms with Crippen LogP contribution in [-0.2, 0) is 21.3 Å². The van der Waals surface area contributed by atoms with Gasteiger partial charge in [0, 0.05) is 31.1 Å². The molecule has 1 aliphatic heterocycles. The zero-order valence-electron chi connectivity index (χ0n) is 14.1. The van der Waals surface area contributed by atoms with Gasteiger partial charge in [0.05, 0.1) is 19.8 Å². The van der Waals surface area contributed by atoms with Gasteiger partial charge in [-0.05, 0) is 26.0 Å². The van der Waals surface area contributed by atoms with E-state index in [0.717, 1.165) is 4.88 Å². The fourth-order valence-electron chi connectivity index (χ4n) is 2.14. The van der Waals surface area contributed by atoms with Gasteiger partial charge in [0.15, 0.2) is 5.96 Å². The molecule has 2 N–H and O–H groups in total. The molecule has 0 aliphatic carbocycles. The van der Waals surface area contributed by atoms with Crippen LogP contribution < -0.4 is 10.6 Å². The highest BCUT2D eigenvalue weighted by Crippen LogP contribution is 2.25. The summed E-state index contributed by atoms with van der Waals surface area (Å²) in [5.74, 6) is 0.700. The molecule has 138 valence electrons. The Morgan fingerprint density at radius 3 is 2.62 bits per heavy atom. The molecule has 0 atom stereocenters. The minimum atomic E-state index is -3.41. The Balaban J connectivity index is 0.00000288. The number of morpholine rings is 1. The fourth-order valence-corrected chi connectivity index (χ4v) is 5.00. The van der Waals surface area contributed by atoms with Crippen LogP contribution in [0.15, 0.2) is 21.3 Å². The number of sulfonamides is 1. The lowest BCUT2D eigenvalue weighted by atomic mass is 10.4. The van der Waals surface area contributed by atoms with Crippen molar-refractivity contribution in [2.75, 3.05) is 33.4 Å². The average molecular weight is 488 g/mol. The second-order valence-corrected chi connectivity index (χ2v) is 8.80. The highest BCUT2D eigenvalue weighted by atomic mass is 127. The Kier molecular flexibility index (Phi) is 8.91. The highest BCUT2D eigenvalue weighted by molar-refractivity contribution is 14.0. The predicted molar refractivity (Wildman–Crippen MR) is 108 cm³/mol. The molecule has 1 aromatic rings. The SMILES string of the molecule is CN=C(NCc1ccc(S(=O)(=O)N2CCOCC2)s1)NC(C)C.I. The van der Waals surface area contributed by atoms with E-state index in [9.17, 15) is 8.42 Å². The van der Waals surface area contributed by atoms with Gasteiger partial charge in [-0.15, -0.1) is 35.3 Å². The van der Waals surface area contributed by atoms with Crippen LogP contribution in [0.4, 0.5) is 0 Å². The van der Waals surface area contributed by atoms with E-state index in [1.54, 1.807) is 13.1 Å². The van der Waals surface area contributed by atoms with E-state index in [0.29, 0.717) is 43.0 Å². The maximum absolute atomic E-state index is 12.6. The van der Waals surface area contributed by atoms with Crippen molar-refractivity contribution < 1.29 is 13.2 Å². The smallest absolute Gasteiger partial charge is 0.252 e. The van der Waals surface area contributed by atoms with Crippen LogP contribution in [-0.4, -0.2) is 58.1 Å². The van der Waals surface area contributed by atoms with Gasteiger partial charge in [0.2, 0.25) is 0 Å². The lowest BCUT2D eigenvalue weighted by molar-refractivity contribution is 0.0731. The summed E-state index contributed by atoms with van der Waals surface area (Å²) in [6, 6.07) is 3.79. The van der Waals surface area contributed by atoms with Crippen LogP contribution in [0.3, 0.4) is 0 Å². The number of nitrogens with zero attached hydrogens (tertiary/aromatic N) is 2. The standard InChI is InChI=1S/C14H24N4O3S2.HI/c1-11(2)17-14(15-3)16-10-12-4-5-13(22-12)23(19,20)18-6-8-21-9-7-18;/h4-5,11H,6-10H2,1-3H3,(H2,15,16,17);1H. The highest BCUT2D eigenvalue weighted by Gasteiger charge is 2.27. The maximum atomic E-state index is 12.6. The van der Waals surface area contributed by atoms with E-state index in [-0.39, 0.29) is 30.0 Å². The molecule has 0 bridgehead atoms. The summed E-state index contributed by atoms with van der Waals surface area (Å²) in [6.45, 7) is 6.34. The number of ether oxygens (including phenoxy) is 1. The minimum Gasteiger partial charge on any atom is -0.379 e. The van der Waals surface area contributed by atoms with Crippen LogP contribution in [0.5, 0.6) is 0 Å². The Morgan fingerprint density at radius 2 is 2.04 bits per heavy atom. The quantitative estimate of drug-likeness (QED) is 0.373. The number of hydrogen-bond donors (Lipinski definition) is 2. The number of thiophene rings is 1. The predicted octanol–water partition coefficient (Wildman–Crippen LogP) is 1.46. The first-order valence-corrected chi connectivity index (χ1v) is 9.83. The summed E-state index contributed by atoms with van der Waals surface area (Å²) in [4.78, 5) is 5.08. The van der Waals surface area contributed by atoms with Gasteiger partial charge in [0.25, 0.3) is 10.0 Å². The third-order valence-corrected chi connectivity index (χ3v) is 6.73. The first kappa shape index (κ1) is 21.6. The Hall–Kier alpha value is -0.430. The number of rotatable bonds is 5. The van der Waals surface area contributed by atoms with E-state index in [1.807, 2.05) is 19.9 Å². The monoisotopic (exact) mass is 488 g/mol. The average Bonchev–Trinajstić information content (AvgIpc) is 3.01. The Labute approximate surface area is 164 Å².